The summed E-state index contributed by atoms with van der Waals surface area (Å²) in [6.07, 6.45) is 8.70. The number of anilines is 1. The zero-order valence-electron chi connectivity index (χ0n) is 26.3. The van der Waals surface area contributed by atoms with Gasteiger partial charge in [0.2, 0.25) is 5.88 Å². The van der Waals surface area contributed by atoms with Gasteiger partial charge < -0.3 is 24.8 Å². The molecule has 0 saturated heterocycles. The molecule has 0 unspecified atom stereocenters. The number of benzene rings is 2. The molecule has 10 nitrogen and oxygen atoms in total. The van der Waals surface area contributed by atoms with Crippen molar-refractivity contribution in [3.8, 4) is 28.5 Å². The van der Waals surface area contributed by atoms with E-state index >= 15 is 0 Å². The third kappa shape index (κ3) is 6.39. The molecular weight excluding hydrogens is 580 g/mol. The highest BCUT2D eigenvalue weighted by molar-refractivity contribution is 5.97. The molecule has 236 valence electrons. The second kappa shape index (κ2) is 12.1. The first-order valence-electron chi connectivity index (χ1n) is 15.7. The number of amides is 1. The van der Waals surface area contributed by atoms with Crippen molar-refractivity contribution in [2.45, 2.75) is 57.7 Å². The minimum Gasteiger partial charge on any atom is -0.497 e. The van der Waals surface area contributed by atoms with Crippen LogP contribution in [0.5, 0.6) is 17.4 Å². The van der Waals surface area contributed by atoms with Crippen molar-refractivity contribution in [3.05, 3.63) is 95.9 Å². The number of aryl methyl sites for hydroxylation is 1. The van der Waals surface area contributed by atoms with Crippen molar-refractivity contribution in [1.29, 1.82) is 0 Å². The fourth-order valence-corrected chi connectivity index (χ4v) is 6.33. The molecule has 2 saturated carbocycles. The summed E-state index contributed by atoms with van der Waals surface area (Å²) in [4.78, 5) is 24.2. The number of hydrogen-bond donors (Lipinski definition) is 2. The van der Waals surface area contributed by atoms with Crippen molar-refractivity contribution in [1.82, 2.24) is 24.9 Å². The molecule has 2 aromatic carbocycles. The van der Waals surface area contributed by atoms with E-state index in [4.69, 9.17) is 19.6 Å². The smallest absolute Gasteiger partial charge is 0.251 e. The number of hydrogen-bond acceptors (Lipinski definition) is 8. The van der Waals surface area contributed by atoms with Gasteiger partial charge in [-0.3, -0.25) is 9.78 Å². The fourth-order valence-electron chi connectivity index (χ4n) is 6.33. The Morgan fingerprint density at radius 2 is 1.89 bits per heavy atom. The third-order valence-corrected chi connectivity index (χ3v) is 8.77. The van der Waals surface area contributed by atoms with Crippen LogP contribution in [0.2, 0.25) is 0 Å². The molecule has 10 heteroatoms. The fraction of sp³-hybridized carbons (Fsp3) is 0.333. The molecule has 2 fully saturated rings. The SMILES string of the molecule is COc1ccc(CN(C[C@H]2C[C@@](C)(O)C2)c2cc(Oc3cccnc3)nc3c(-c4ccc(C(=O)NC5CC5)c(C)c4)cnn23)cc1. The Labute approximate surface area is 268 Å². The molecule has 0 aliphatic heterocycles. The first kappa shape index (κ1) is 29.7. The summed E-state index contributed by atoms with van der Waals surface area (Å²) in [5.74, 6) is 2.87. The van der Waals surface area contributed by atoms with Crippen LogP contribution in [0.15, 0.2) is 79.3 Å². The Morgan fingerprint density at radius 3 is 2.57 bits per heavy atom. The Kier molecular flexibility index (Phi) is 7.82. The average Bonchev–Trinajstić information content (AvgIpc) is 3.75. The van der Waals surface area contributed by atoms with Gasteiger partial charge in [0.25, 0.3) is 5.91 Å². The van der Waals surface area contributed by atoms with Crippen molar-refractivity contribution in [2.75, 3.05) is 18.6 Å². The number of fused-ring (bicyclic) bond motifs is 1. The van der Waals surface area contributed by atoms with Crippen LogP contribution in [0.3, 0.4) is 0 Å². The van der Waals surface area contributed by atoms with E-state index < -0.39 is 5.60 Å². The van der Waals surface area contributed by atoms with Crippen molar-refractivity contribution >= 4 is 17.4 Å². The number of carbonyl (C=O) groups is 1. The molecule has 3 heterocycles. The summed E-state index contributed by atoms with van der Waals surface area (Å²) in [6, 6.07) is 19.8. The highest BCUT2D eigenvalue weighted by Gasteiger charge is 2.39. The summed E-state index contributed by atoms with van der Waals surface area (Å²) in [5.41, 5.74) is 4.38. The zero-order chi connectivity index (χ0) is 31.8. The van der Waals surface area contributed by atoms with E-state index in [0.717, 1.165) is 59.5 Å². The molecule has 0 bridgehead atoms. The van der Waals surface area contributed by atoms with Gasteiger partial charge >= 0.3 is 0 Å². The van der Waals surface area contributed by atoms with Crippen LogP contribution in [0.1, 0.15) is 54.1 Å². The minimum absolute atomic E-state index is 0.0388. The van der Waals surface area contributed by atoms with Gasteiger partial charge in [-0.15, -0.1) is 0 Å². The van der Waals surface area contributed by atoms with Gasteiger partial charge in [-0.2, -0.15) is 14.6 Å². The highest BCUT2D eigenvalue weighted by Crippen LogP contribution is 2.40. The van der Waals surface area contributed by atoms with E-state index in [1.54, 1.807) is 19.5 Å². The van der Waals surface area contributed by atoms with Crippen LogP contribution in [-0.2, 0) is 6.54 Å². The highest BCUT2D eigenvalue weighted by atomic mass is 16.5. The van der Waals surface area contributed by atoms with Gasteiger partial charge in [-0.25, -0.2) is 0 Å². The maximum Gasteiger partial charge on any atom is 0.251 e. The predicted molar refractivity (Wildman–Crippen MR) is 175 cm³/mol. The van der Waals surface area contributed by atoms with Crippen LogP contribution in [0.4, 0.5) is 5.82 Å². The lowest BCUT2D eigenvalue weighted by Gasteiger charge is -2.43. The first-order chi connectivity index (χ1) is 22.2. The number of rotatable bonds is 11. The molecule has 0 atom stereocenters. The second-order valence-corrected chi connectivity index (χ2v) is 12.8. The number of ether oxygens (including phenoxy) is 2. The van der Waals surface area contributed by atoms with Crippen LogP contribution >= 0.6 is 0 Å². The second-order valence-electron chi connectivity index (χ2n) is 12.8. The van der Waals surface area contributed by atoms with Crippen LogP contribution < -0.4 is 19.7 Å². The van der Waals surface area contributed by atoms with E-state index in [-0.39, 0.29) is 5.91 Å². The molecule has 3 aromatic heterocycles. The Bertz CT molecular complexity index is 1860. The van der Waals surface area contributed by atoms with Crippen LogP contribution in [0, 0.1) is 12.8 Å². The Balaban J connectivity index is 1.30. The lowest BCUT2D eigenvalue weighted by Crippen LogP contribution is -2.46. The molecule has 2 aliphatic carbocycles. The van der Waals surface area contributed by atoms with Gasteiger partial charge in [0.15, 0.2) is 5.65 Å². The summed E-state index contributed by atoms with van der Waals surface area (Å²) in [6.45, 7) is 5.17. The van der Waals surface area contributed by atoms with Gasteiger partial charge in [0.05, 0.1) is 25.1 Å². The molecular formula is C36H38N6O4. The third-order valence-electron chi connectivity index (χ3n) is 8.77. The van der Waals surface area contributed by atoms with Gasteiger partial charge in [0.1, 0.15) is 17.3 Å². The molecule has 5 aromatic rings. The number of pyridine rings is 1. The topological polar surface area (TPSA) is 114 Å². The van der Waals surface area contributed by atoms with Gasteiger partial charge in [0, 0.05) is 42.5 Å². The van der Waals surface area contributed by atoms with E-state index in [0.29, 0.717) is 47.9 Å². The van der Waals surface area contributed by atoms with E-state index in [2.05, 4.69) is 27.3 Å². The Morgan fingerprint density at radius 1 is 1.09 bits per heavy atom. The number of nitrogens with one attached hydrogen (secondary N) is 1. The minimum atomic E-state index is -0.642. The number of methoxy groups -OCH3 is 1. The molecule has 46 heavy (non-hydrogen) atoms. The van der Waals surface area contributed by atoms with Gasteiger partial charge in [-0.05, 0) is 92.5 Å². The standard InChI is InChI=1S/C36H38N6O4/c1-23-15-26(8-13-30(23)35(43)39-27-9-10-27)31-20-38-42-33(16-32(40-34(31)42)46-29-5-4-14-37-19-29)41(22-25-17-36(2,44)18-25)21-24-6-11-28(45-3)12-7-24/h4-8,11-16,19-20,25,27,44H,9-10,17-18,21-22H2,1-3H3,(H,39,43)/t25-,36+. The zero-order valence-corrected chi connectivity index (χ0v) is 26.3. The molecule has 2 aliphatic rings. The molecule has 0 spiro atoms. The van der Waals surface area contributed by atoms with Crippen LogP contribution in [-0.4, -0.2) is 55.9 Å². The number of aromatic nitrogens is 4. The number of nitrogens with zero attached hydrogens (tertiary/aromatic N) is 5. The molecule has 7 rings (SSSR count). The summed E-state index contributed by atoms with van der Waals surface area (Å²) in [5, 5.41) is 18.5. The van der Waals surface area contributed by atoms with Crippen molar-refractivity contribution in [3.63, 3.8) is 0 Å². The molecule has 1 amide bonds. The largest absolute Gasteiger partial charge is 0.497 e. The molecule has 2 N–H and O–H groups in total. The van der Waals surface area contributed by atoms with E-state index in [9.17, 15) is 9.90 Å². The first-order valence-corrected chi connectivity index (χ1v) is 15.7. The average molecular weight is 619 g/mol. The van der Waals surface area contributed by atoms with Gasteiger partial charge in [-0.1, -0.05) is 24.3 Å². The lowest BCUT2D eigenvalue weighted by atomic mass is 9.72. The lowest BCUT2D eigenvalue weighted by molar-refractivity contribution is -0.0542. The summed E-state index contributed by atoms with van der Waals surface area (Å²) < 4.78 is 13.5. The van der Waals surface area contributed by atoms with E-state index in [1.165, 1.54) is 0 Å². The van der Waals surface area contributed by atoms with Crippen molar-refractivity contribution in [2.24, 2.45) is 5.92 Å². The summed E-state index contributed by atoms with van der Waals surface area (Å²) in [7, 11) is 1.66. The predicted octanol–water partition coefficient (Wildman–Crippen LogP) is 5.96. The quantitative estimate of drug-likeness (QED) is 0.186. The maximum atomic E-state index is 12.8. The Hall–Kier alpha value is -4.96. The summed E-state index contributed by atoms with van der Waals surface area (Å²) >= 11 is 0. The molecule has 0 radical (unpaired) electrons. The number of carbonyl (C=O) groups excluding carboxylic acids is 1. The van der Waals surface area contributed by atoms with Crippen molar-refractivity contribution < 1.29 is 19.4 Å². The van der Waals surface area contributed by atoms with Crippen LogP contribution in [0.25, 0.3) is 16.8 Å². The van der Waals surface area contributed by atoms with E-state index in [1.807, 2.05) is 73.1 Å². The normalized spacial score (nSPS) is 19.0. The monoisotopic (exact) mass is 618 g/mol. The maximum absolute atomic E-state index is 12.8. The number of aliphatic hydroxyl groups is 1.